The summed E-state index contributed by atoms with van der Waals surface area (Å²) < 4.78 is 12.0. The molecule has 0 atom stereocenters. The summed E-state index contributed by atoms with van der Waals surface area (Å²) in [4.78, 5) is 0. The monoisotopic (exact) mass is 388 g/mol. The zero-order chi connectivity index (χ0) is 20.2. The van der Waals surface area contributed by atoms with Crippen LogP contribution in [0.3, 0.4) is 0 Å². The van der Waals surface area contributed by atoms with Gasteiger partial charge in [-0.2, -0.15) is 0 Å². The van der Waals surface area contributed by atoms with Crippen molar-refractivity contribution in [3.63, 3.8) is 0 Å². The van der Waals surface area contributed by atoms with Gasteiger partial charge >= 0.3 is 0 Å². The molecule has 0 saturated carbocycles. The number of hydrogen-bond donors (Lipinski definition) is 1. The highest BCUT2D eigenvalue weighted by Gasteiger charge is 2.04. The van der Waals surface area contributed by atoms with Crippen LogP contribution < -0.4 is 9.47 Å². The van der Waals surface area contributed by atoms with Crippen LogP contribution in [0.5, 0.6) is 11.5 Å². The van der Waals surface area contributed by atoms with Crippen molar-refractivity contribution in [1.29, 1.82) is 0 Å². The Labute approximate surface area is 173 Å². The molecule has 29 heavy (non-hydrogen) atoms. The van der Waals surface area contributed by atoms with Crippen LogP contribution in [0.25, 0.3) is 6.08 Å². The average Bonchev–Trinajstić information content (AvgIpc) is 2.77. The van der Waals surface area contributed by atoms with Crippen LogP contribution in [-0.2, 0) is 13.2 Å². The summed E-state index contributed by atoms with van der Waals surface area (Å²) in [5.41, 5.74) is 3.30. The molecule has 0 aliphatic carbocycles. The summed E-state index contributed by atoms with van der Waals surface area (Å²) in [6.45, 7) is 1.28. The van der Waals surface area contributed by atoms with E-state index in [-0.39, 0.29) is 6.61 Å². The van der Waals surface area contributed by atoms with Gasteiger partial charge in [-0.05, 0) is 48.1 Å². The minimum Gasteiger partial charge on any atom is -0.489 e. The molecule has 3 nitrogen and oxygen atoms in total. The van der Waals surface area contributed by atoms with E-state index >= 15 is 0 Å². The van der Waals surface area contributed by atoms with Crippen molar-refractivity contribution < 1.29 is 14.6 Å². The van der Waals surface area contributed by atoms with Gasteiger partial charge in [-0.3, -0.25) is 0 Å². The number of allylic oxidation sites excluding steroid dienone is 1. The molecular formula is C26H28O3. The molecule has 150 valence electrons. The molecule has 3 rings (SSSR count). The fourth-order valence-electron chi connectivity index (χ4n) is 2.93. The van der Waals surface area contributed by atoms with Gasteiger partial charge in [-0.15, -0.1) is 0 Å². The number of unbranched alkanes of at least 4 members (excludes halogenated alkanes) is 2. The first-order chi connectivity index (χ1) is 14.3. The van der Waals surface area contributed by atoms with Crippen LogP contribution >= 0.6 is 0 Å². The van der Waals surface area contributed by atoms with Crippen LogP contribution in [0.15, 0.2) is 84.9 Å². The molecule has 0 aliphatic rings. The van der Waals surface area contributed by atoms with E-state index in [4.69, 9.17) is 14.6 Å². The topological polar surface area (TPSA) is 38.7 Å². The molecule has 3 aromatic carbocycles. The summed E-state index contributed by atoms with van der Waals surface area (Å²) in [5.74, 6) is 1.57. The summed E-state index contributed by atoms with van der Waals surface area (Å²) in [5, 5.41) is 8.90. The Bertz CT molecular complexity index is 811. The Morgan fingerprint density at radius 2 is 1.24 bits per heavy atom. The molecule has 0 amide bonds. The van der Waals surface area contributed by atoms with Gasteiger partial charge in [-0.1, -0.05) is 72.8 Å². The quantitative estimate of drug-likeness (QED) is 0.408. The Morgan fingerprint density at radius 1 is 0.690 bits per heavy atom. The lowest BCUT2D eigenvalue weighted by Gasteiger charge is -2.12. The van der Waals surface area contributed by atoms with Crippen molar-refractivity contribution in [2.75, 3.05) is 6.61 Å². The van der Waals surface area contributed by atoms with Gasteiger partial charge < -0.3 is 14.6 Å². The van der Waals surface area contributed by atoms with Crippen LogP contribution in [0.2, 0.25) is 0 Å². The highest BCUT2D eigenvalue weighted by atomic mass is 16.5. The van der Waals surface area contributed by atoms with Crippen molar-refractivity contribution in [1.82, 2.24) is 0 Å². The van der Waals surface area contributed by atoms with Gasteiger partial charge in [0.25, 0.3) is 0 Å². The van der Waals surface area contributed by atoms with Crippen LogP contribution in [0.4, 0.5) is 0 Å². The number of ether oxygens (including phenoxy) is 2. The fourth-order valence-corrected chi connectivity index (χ4v) is 2.93. The van der Waals surface area contributed by atoms with Gasteiger partial charge in [0, 0.05) is 12.7 Å². The van der Waals surface area contributed by atoms with E-state index in [0.717, 1.165) is 47.5 Å². The van der Waals surface area contributed by atoms with E-state index in [0.29, 0.717) is 13.2 Å². The summed E-state index contributed by atoms with van der Waals surface area (Å²) >= 11 is 0. The third-order valence-electron chi connectivity index (χ3n) is 4.49. The largest absolute Gasteiger partial charge is 0.489 e. The lowest BCUT2D eigenvalue weighted by molar-refractivity contribution is 0.285. The normalized spacial score (nSPS) is 10.9. The molecule has 0 spiro atoms. The molecule has 1 N–H and O–H groups in total. The van der Waals surface area contributed by atoms with Gasteiger partial charge in [0.1, 0.15) is 24.7 Å². The van der Waals surface area contributed by atoms with Gasteiger partial charge in [0.2, 0.25) is 0 Å². The fraction of sp³-hybridized carbons (Fsp3) is 0.231. The van der Waals surface area contributed by atoms with Gasteiger partial charge in [0.15, 0.2) is 0 Å². The molecular weight excluding hydrogens is 360 g/mol. The molecule has 0 radical (unpaired) electrons. The van der Waals surface area contributed by atoms with E-state index in [2.05, 4.69) is 36.4 Å². The number of benzene rings is 3. The maximum absolute atomic E-state index is 8.90. The predicted molar refractivity (Wildman–Crippen MR) is 118 cm³/mol. The Morgan fingerprint density at radius 3 is 1.76 bits per heavy atom. The third-order valence-corrected chi connectivity index (χ3v) is 4.49. The molecule has 3 heteroatoms. The number of aliphatic hydroxyl groups excluding tert-OH is 1. The second kappa shape index (κ2) is 11.7. The second-order valence-electron chi connectivity index (χ2n) is 6.91. The van der Waals surface area contributed by atoms with E-state index in [1.165, 1.54) is 0 Å². The molecule has 0 heterocycles. The Balaban J connectivity index is 1.69. The van der Waals surface area contributed by atoms with Gasteiger partial charge in [-0.25, -0.2) is 0 Å². The maximum Gasteiger partial charge on any atom is 0.124 e. The molecule has 3 aromatic rings. The van der Waals surface area contributed by atoms with Crippen molar-refractivity contribution in [2.24, 2.45) is 0 Å². The van der Waals surface area contributed by atoms with Crippen LogP contribution in [0.1, 0.15) is 36.0 Å². The molecule has 0 fully saturated rings. The molecule has 0 bridgehead atoms. The van der Waals surface area contributed by atoms with Crippen molar-refractivity contribution >= 4 is 6.08 Å². The minimum atomic E-state index is 0.244. The second-order valence-corrected chi connectivity index (χ2v) is 6.91. The Kier molecular flexibility index (Phi) is 8.36. The zero-order valence-electron chi connectivity index (χ0n) is 16.7. The number of rotatable bonds is 11. The molecule has 0 saturated heterocycles. The minimum absolute atomic E-state index is 0.244. The van der Waals surface area contributed by atoms with E-state index < -0.39 is 0 Å². The highest BCUT2D eigenvalue weighted by molar-refractivity contribution is 5.55. The summed E-state index contributed by atoms with van der Waals surface area (Å²) in [6.07, 6.45) is 6.97. The zero-order valence-corrected chi connectivity index (χ0v) is 16.7. The number of aliphatic hydroxyl groups is 1. The summed E-state index contributed by atoms with van der Waals surface area (Å²) in [6, 6.07) is 26.3. The lowest BCUT2D eigenvalue weighted by atomic mass is 10.1. The van der Waals surface area contributed by atoms with E-state index in [9.17, 15) is 0 Å². The molecule has 0 aliphatic heterocycles. The van der Waals surface area contributed by atoms with Crippen molar-refractivity contribution in [2.45, 2.75) is 32.5 Å². The average molecular weight is 389 g/mol. The first-order valence-corrected chi connectivity index (χ1v) is 10.1. The highest BCUT2D eigenvalue weighted by Crippen LogP contribution is 2.26. The number of hydrogen-bond acceptors (Lipinski definition) is 3. The SMILES string of the molecule is OCCCCC=Cc1cc(OCc2ccccc2)cc(OCc2ccccc2)c1. The lowest BCUT2D eigenvalue weighted by Crippen LogP contribution is -1.98. The van der Waals surface area contributed by atoms with Crippen LogP contribution in [0, 0.1) is 0 Å². The molecule has 0 aromatic heterocycles. The van der Waals surface area contributed by atoms with E-state index in [1.807, 2.05) is 54.6 Å². The van der Waals surface area contributed by atoms with Crippen LogP contribution in [-0.4, -0.2) is 11.7 Å². The summed E-state index contributed by atoms with van der Waals surface area (Å²) in [7, 11) is 0. The van der Waals surface area contributed by atoms with Gasteiger partial charge in [0.05, 0.1) is 0 Å². The first kappa shape index (κ1) is 20.7. The van der Waals surface area contributed by atoms with Crippen molar-refractivity contribution in [3.05, 3.63) is 102 Å². The Hall–Kier alpha value is -3.04. The first-order valence-electron chi connectivity index (χ1n) is 10.1. The van der Waals surface area contributed by atoms with Crippen molar-refractivity contribution in [3.8, 4) is 11.5 Å². The maximum atomic E-state index is 8.90. The van der Waals surface area contributed by atoms with E-state index in [1.54, 1.807) is 0 Å². The smallest absolute Gasteiger partial charge is 0.124 e. The standard InChI is InChI=1S/C26H28O3/c27-16-10-2-1-5-15-24-17-25(28-20-22-11-6-3-7-12-22)19-26(18-24)29-21-23-13-8-4-9-14-23/h3-9,11-15,17-19,27H,1-2,10,16,20-21H2. The third kappa shape index (κ3) is 7.47. The predicted octanol–water partition coefficient (Wildman–Crippen LogP) is 6.02. The molecule has 0 unspecified atom stereocenters.